The third kappa shape index (κ3) is 6.29. The number of halogens is 3. The highest BCUT2D eigenvalue weighted by molar-refractivity contribution is 6.04. The van der Waals surface area contributed by atoms with E-state index in [0.717, 1.165) is 19.0 Å². The number of amides is 2. The van der Waals surface area contributed by atoms with Gasteiger partial charge in [0, 0.05) is 37.5 Å². The number of likely N-dealkylation sites (N-methyl/N-ethyl adjacent to an activating group) is 1. The van der Waals surface area contributed by atoms with Crippen molar-refractivity contribution in [3.05, 3.63) is 53.9 Å². The van der Waals surface area contributed by atoms with Gasteiger partial charge in [-0.3, -0.25) is 19.9 Å². The molecule has 0 radical (unpaired) electrons. The fourth-order valence-corrected chi connectivity index (χ4v) is 5.03. The summed E-state index contributed by atoms with van der Waals surface area (Å²) in [5.41, 5.74) is -0.274. The minimum absolute atomic E-state index is 0.119. The molecule has 2 aliphatic rings. The zero-order valence-corrected chi connectivity index (χ0v) is 22.8. The van der Waals surface area contributed by atoms with Crippen LogP contribution in [0.1, 0.15) is 41.4 Å². The number of likely N-dealkylation sites (tertiary alicyclic amines) is 1. The highest BCUT2D eigenvalue weighted by atomic mass is 19.4. The second kappa shape index (κ2) is 11.8. The number of nitrogens with zero attached hydrogens (tertiary/aromatic N) is 5. The number of pyridine rings is 1. The molecule has 0 spiro atoms. The average Bonchev–Trinajstić information content (AvgIpc) is 3.13. The van der Waals surface area contributed by atoms with E-state index >= 15 is 0 Å². The Morgan fingerprint density at radius 3 is 2.76 bits per heavy atom. The Morgan fingerprint density at radius 1 is 1.17 bits per heavy atom. The topological polar surface area (TPSA) is 102 Å². The minimum atomic E-state index is -4.70. The van der Waals surface area contributed by atoms with Crippen LogP contribution in [0.15, 0.2) is 42.6 Å². The van der Waals surface area contributed by atoms with Crippen molar-refractivity contribution in [2.75, 3.05) is 52.3 Å². The number of fused-ring (bicyclic) bond motifs is 3. The largest absolute Gasteiger partial charge is 0.486 e. The molecule has 10 nitrogen and oxygen atoms in total. The normalized spacial score (nSPS) is 17.7. The molecule has 218 valence electrons. The van der Waals surface area contributed by atoms with Gasteiger partial charge in [0.15, 0.2) is 11.5 Å². The molecule has 5 rings (SSSR count). The summed E-state index contributed by atoms with van der Waals surface area (Å²) in [5.74, 6) is 0.249. The molecule has 13 heteroatoms. The molecule has 2 amide bonds. The number of alkyl halides is 3. The lowest BCUT2D eigenvalue weighted by molar-refractivity contribution is -0.141. The maximum absolute atomic E-state index is 13.2. The molecule has 1 fully saturated rings. The number of anilines is 1. The molecule has 1 atom stereocenters. The summed E-state index contributed by atoms with van der Waals surface area (Å²) >= 11 is 0. The summed E-state index contributed by atoms with van der Waals surface area (Å²) in [4.78, 5) is 38.0. The van der Waals surface area contributed by atoms with Crippen LogP contribution < -0.4 is 14.8 Å². The molecule has 0 aliphatic carbocycles. The van der Waals surface area contributed by atoms with Gasteiger partial charge in [-0.2, -0.15) is 13.2 Å². The second-order valence-electron chi connectivity index (χ2n) is 10.2. The van der Waals surface area contributed by atoms with E-state index in [-0.39, 0.29) is 23.5 Å². The monoisotopic (exact) mass is 572 g/mol. The third-order valence-corrected chi connectivity index (χ3v) is 6.95. The summed E-state index contributed by atoms with van der Waals surface area (Å²) in [6.45, 7) is 2.25. The first-order valence-corrected chi connectivity index (χ1v) is 13.4. The van der Waals surface area contributed by atoms with Crippen LogP contribution >= 0.6 is 0 Å². The highest BCUT2D eigenvalue weighted by Gasteiger charge is 2.34. The van der Waals surface area contributed by atoms with Gasteiger partial charge in [0.05, 0.1) is 11.6 Å². The smallest absolute Gasteiger partial charge is 0.433 e. The van der Waals surface area contributed by atoms with Crippen LogP contribution in [0, 0.1) is 0 Å². The van der Waals surface area contributed by atoms with E-state index in [2.05, 4.69) is 15.3 Å². The van der Waals surface area contributed by atoms with Crippen LogP contribution in [0.5, 0.6) is 11.5 Å². The van der Waals surface area contributed by atoms with Crippen LogP contribution in [0.2, 0.25) is 0 Å². The van der Waals surface area contributed by atoms with Gasteiger partial charge < -0.3 is 23.8 Å². The molecule has 3 aromatic rings. The third-order valence-electron chi connectivity index (χ3n) is 6.95. The molecule has 1 aromatic carbocycles. The van der Waals surface area contributed by atoms with E-state index in [1.54, 1.807) is 23.1 Å². The Morgan fingerprint density at radius 2 is 1.98 bits per heavy atom. The van der Waals surface area contributed by atoms with Gasteiger partial charge in [-0.05, 0) is 57.6 Å². The van der Waals surface area contributed by atoms with Crippen LogP contribution in [-0.4, -0.2) is 83.1 Å². The van der Waals surface area contributed by atoms with E-state index in [9.17, 15) is 22.8 Å². The van der Waals surface area contributed by atoms with Crippen molar-refractivity contribution in [1.29, 1.82) is 0 Å². The number of aromatic nitrogens is 3. The number of imidazole rings is 1. The number of carbonyl (C=O) groups is 2. The lowest BCUT2D eigenvalue weighted by Crippen LogP contribution is -2.35. The van der Waals surface area contributed by atoms with Gasteiger partial charge >= 0.3 is 6.18 Å². The van der Waals surface area contributed by atoms with E-state index < -0.39 is 17.8 Å². The standard InChI is InChI=1S/C28H31F3N6O4/c1-35(2)12-5-7-23(38)36-13-4-3-6-19(17-36)37-24-20(8-9-21-25(24)41-15-14-40-21)33-27(37)34-26(39)18-10-11-32-22(16-18)28(29,30)31/h5,7-11,16,19H,3-4,6,12-15,17H2,1-2H3,(H,33,34,39)/b7-5+. The number of hydrogen-bond donors (Lipinski definition) is 1. The van der Waals surface area contributed by atoms with E-state index in [1.165, 1.54) is 6.07 Å². The van der Waals surface area contributed by atoms with Gasteiger partial charge in [-0.15, -0.1) is 0 Å². The van der Waals surface area contributed by atoms with E-state index in [1.807, 2.05) is 29.6 Å². The van der Waals surface area contributed by atoms with Crippen molar-refractivity contribution in [3.63, 3.8) is 0 Å². The number of nitrogens with one attached hydrogen (secondary N) is 1. The molecular weight excluding hydrogens is 541 g/mol. The van der Waals surface area contributed by atoms with Crippen LogP contribution in [0.4, 0.5) is 19.1 Å². The molecule has 1 unspecified atom stereocenters. The van der Waals surface area contributed by atoms with Crippen LogP contribution in [-0.2, 0) is 11.0 Å². The quantitative estimate of drug-likeness (QED) is 0.443. The van der Waals surface area contributed by atoms with Crippen molar-refractivity contribution >= 4 is 28.8 Å². The summed E-state index contributed by atoms with van der Waals surface area (Å²) in [5, 5.41) is 2.71. The molecule has 4 heterocycles. The Labute approximate surface area is 234 Å². The second-order valence-corrected chi connectivity index (χ2v) is 10.2. The lowest BCUT2D eigenvalue weighted by Gasteiger charge is -2.27. The summed E-state index contributed by atoms with van der Waals surface area (Å²) in [6.07, 6.45) is 1.92. The van der Waals surface area contributed by atoms with Gasteiger partial charge in [-0.25, -0.2) is 4.98 Å². The zero-order valence-electron chi connectivity index (χ0n) is 22.8. The SMILES string of the molecule is CN(C)C/C=C/C(=O)N1CCCCC(n2c(NC(=O)c3ccnc(C(F)(F)F)c3)nc3ccc4c(c32)OCCO4)C1. The summed E-state index contributed by atoms with van der Waals surface area (Å²) < 4.78 is 53.3. The Kier molecular flexibility index (Phi) is 8.15. The fourth-order valence-electron chi connectivity index (χ4n) is 5.03. The van der Waals surface area contributed by atoms with Crippen molar-refractivity contribution in [2.45, 2.75) is 31.5 Å². The minimum Gasteiger partial charge on any atom is -0.486 e. The van der Waals surface area contributed by atoms with Crippen molar-refractivity contribution in [2.24, 2.45) is 0 Å². The van der Waals surface area contributed by atoms with E-state index in [0.29, 0.717) is 67.9 Å². The first-order chi connectivity index (χ1) is 19.6. The molecule has 2 aromatic heterocycles. The van der Waals surface area contributed by atoms with Crippen molar-refractivity contribution in [1.82, 2.24) is 24.3 Å². The zero-order chi connectivity index (χ0) is 29.1. The fraction of sp³-hybridized carbons (Fsp3) is 0.429. The van der Waals surface area contributed by atoms with Crippen molar-refractivity contribution < 1.29 is 32.2 Å². The predicted molar refractivity (Wildman–Crippen MR) is 145 cm³/mol. The van der Waals surface area contributed by atoms with Crippen molar-refractivity contribution in [3.8, 4) is 11.5 Å². The van der Waals surface area contributed by atoms with Gasteiger partial charge in [0.1, 0.15) is 24.4 Å². The van der Waals surface area contributed by atoms with Crippen LogP contribution in [0.3, 0.4) is 0 Å². The van der Waals surface area contributed by atoms with Crippen LogP contribution in [0.25, 0.3) is 11.0 Å². The maximum Gasteiger partial charge on any atom is 0.433 e. The molecule has 2 aliphatic heterocycles. The molecule has 0 saturated carbocycles. The molecular formula is C28H31F3N6O4. The molecule has 1 saturated heterocycles. The van der Waals surface area contributed by atoms with Gasteiger partial charge in [-0.1, -0.05) is 6.08 Å². The first-order valence-electron chi connectivity index (χ1n) is 13.4. The van der Waals surface area contributed by atoms with Gasteiger partial charge in [0.2, 0.25) is 11.9 Å². The first kappa shape index (κ1) is 28.4. The number of rotatable bonds is 6. The maximum atomic E-state index is 13.2. The number of benzene rings is 1. The lowest BCUT2D eigenvalue weighted by atomic mass is 10.1. The highest BCUT2D eigenvalue weighted by Crippen LogP contribution is 2.41. The van der Waals surface area contributed by atoms with Gasteiger partial charge in [0.25, 0.3) is 5.91 Å². The Bertz CT molecular complexity index is 1470. The molecule has 1 N–H and O–H groups in total. The molecule has 41 heavy (non-hydrogen) atoms. The predicted octanol–water partition coefficient (Wildman–Crippen LogP) is 4.15. The number of carbonyl (C=O) groups excluding carboxylic acids is 2. The Balaban J connectivity index is 1.53. The number of ether oxygens (including phenoxy) is 2. The number of hydrogen-bond acceptors (Lipinski definition) is 7. The Hall–Kier alpha value is -4.13. The summed E-state index contributed by atoms with van der Waals surface area (Å²) in [7, 11) is 3.83. The van der Waals surface area contributed by atoms with E-state index in [4.69, 9.17) is 9.47 Å². The molecule has 0 bridgehead atoms. The summed E-state index contributed by atoms with van der Waals surface area (Å²) in [6, 6.07) is 5.09. The average molecular weight is 573 g/mol.